The lowest BCUT2D eigenvalue weighted by atomic mass is 10.1. The summed E-state index contributed by atoms with van der Waals surface area (Å²) in [5.41, 5.74) is 3.41. The first-order chi connectivity index (χ1) is 12.0. The number of aryl methyl sites for hydroxylation is 2. The molecule has 0 aromatic heterocycles. The lowest BCUT2D eigenvalue weighted by Crippen LogP contribution is -2.32. The zero-order chi connectivity index (χ0) is 18.2. The number of benzene rings is 2. The lowest BCUT2D eigenvalue weighted by molar-refractivity contribution is 0.0601. The molecule has 0 bridgehead atoms. The molecule has 0 heterocycles. The van der Waals surface area contributed by atoms with Gasteiger partial charge >= 0.3 is 5.97 Å². The minimum Gasteiger partial charge on any atom is -0.492 e. The molecule has 6 heteroatoms. The molecular weight excluding hydrogens is 336 g/mol. The van der Waals surface area contributed by atoms with Gasteiger partial charge in [0.05, 0.1) is 19.2 Å². The van der Waals surface area contributed by atoms with E-state index in [9.17, 15) is 4.79 Å². The van der Waals surface area contributed by atoms with Crippen molar-refractivity contribution in [1.82, 2.24) is 5.32 Å². The van der Waals surface area contributed by atoms with Crippen LogP contribution >= 0.6 is 12.2 Å². The van der Waals surface area contributed by atoms with Crippen molar-refractivity contribution in [2.45, 2.75) is 13.8 Å². The number of rotatable bonds is 6. The highest BCUT2D eigenvalue weighted by molar-refractivity contribution is 7.80. The second kappa shape index (κ2) is 9.03. The zero-order valence-electron chi connectivity index (χ0n) is 14.6. The molecule has 0 saturated heterocycles. The van der Waals surface area contributed by atoms with Gasteiger partial charge in [-0.3, -0.25) is 0 Å². The van der Waals surface area contributed by atoms with Crippen LogP contribution in [0.2, 0.25) is 0 Å². The molecule has 2 aromatic rings. The van der Waals surface area contributed by atoms with Crippen LogP contribution in [-0.4, -0.2) is 31.3 Å². The summed E-state index contributed by atoms with van der Waals surface area (Å²) in [4.78, 5) is 11.6. The molecule has 2 rings (SSSR count). The average molecular weight is 358 g/mol. The van der Waals surface area contributed by atoms with E-state index in [-0.39, 0.29) is 5.97 Å². The van der Waals surface area contributed by atoms with E-state index in [4.69, 9.17) is 21.7 Å². The Labute approximate surface area is 153 Å². The van der Waals surface area contributed by atoms with Gasteiger partial charge in [-0.25, -0.2) is 4.79 Å². The molecule has 0 atom stereocenters. The summed E-state index contributed by atoms with van der Waals surface area (Å²) >= 11 is 5.29. The van der Waals surface area contributed by atoms with Gasteiger partial charge in [-0.15, -0.1) is 0 Å². The molecule has 0 amide bonds. The summed E-state index contributed by atoms with van der Waals surface area (Å²) in [7, 11) is 1.36. The first kappa shape index (κ1) is 18.7. The van der Waals surface area contributed by atoms with Gasteiger partial charge in [-0.1, -0.05) is 23.8 Å². The van der Waals surface area contributed by atoms with Gasteiger partial charge < -0.3 is 20.1 Å². The third-order valence-corrected chi connectivity index (χ3v) is 3.83. The highest BCUT2D eigenvalue weighted by Crippen LogP contribution is 2.17. The number of thiocarbonyl (C=S) groups is 1. The van der Waals surface area contributed by atoms with Crippen molar-refractivity contribution in [1.29, 1.82) is 0 Å². The summed E-state index contributed by atoms with van der Waals surface area (Å²) in [6.45, 7) is 5.03. The molecule has 0 radical (unpaired) electrons. The average Bonchev–Trinajstić information content (AvgIpc) is 2.61. The number of nitrogens with one attached hydrogen (secondary N) is 2. The number of esters is 1. The molecule has 0 spiro atoms. The van der Waals surface area contributed by atoms with Crippen molar-refractivity contribution in [2.75, 3.05) is 25.6 Å². The van der Waals surface area contributed by atoms with E-state index in [0.717, 1.165) is 17.0 Å². The Morgan fingerprint density at radius 3 is 2.52 bits per heavy atom. The number of anilines is 1. The van der Waals surface area contributed by atoms with Crippen LogP contribution < -0.4 is 15.4 Å². The maximum Gasteiger partial charge on any atom is 0.337 e. The Hall–Kier alpha value is -2.60. The fraction of sp³-hybridized carbons (Fsp3) is 0.263. The van der Waals surface area contributed by atoms with Gasteiger partial charge in [0.25, 0.3) is 0 Å². The van der Waals surface area contributed by atoms with Crippen molar-refractivity contribution >= 4 is 29.0 Å². The summed E-state index contributed by atoms with van der Waals surface area (Å²) in [5.74, 6) is 0.446. The topological polar surface area (TPSA) is 59.6 Å². The Balaban J connectivity index is 1.81. The highest BCUT2D eigenvalue weighted by Gasteiger charge is 2.09. The fourth-order valence-electron chi connectivity index (χ4n) is 2.14. The van der Waals surface area contributed by atoms with E-state index in [1.807, 2.05) is 44.2 Å². The van der Waals surface area contributed by atoms with Crippen LogP contribution in [-0.2, 0) is 4.74 Å². The van der Waals surface area contributed by atoms with Gasteiger partial charge in [-0.05, 0) is 55.9 Å². The van der Waals surface area contributed by atoms with E-state index in [1.54, 1.807) is 12.1 Å². The molecule has 0 saturated carbocycles. The summed E-state index contributed by atoms with van der Waals surface area (Å²) in [6.07, 6.45) is 0. The zero-order valence-corrected chi connectivity index (χ0v) is 15.4. The van der Waals surface area contributed by atoms with Crippen LogP contribution in [0.25, 0.3) is 0 Å². The summed E-state index contributed by atoms with van der Waals surface area (Å²) < 4.78 is 10.4. The highest BCUT2D eigenvalue weighted by atomic mass is 32.1. The Bertz CT molecular complexity index is 745. The number of ether oxygens (including phenoxy) is 2. The normalized spacial score (nSPS) is 10.0. The Morgan fingerprint density at radius 1 is 1.12 bits per heavy atom. The van der Waals surface area contributed by atoms with E-state index in [2.05, 4.69) is 10.6 Å². The molecule has 2 N–H and O–H groups in total. The fourth-order valence-corrected chi connectivity index (χ4v) is 2.35. The molecule has 0 aliphatic rings. The number of hydrogen-bond donors (Lipinski definition) is 2. The second-order valence-corrected chi connectivity index (χ2v) is 5.97. The van der Waals surface area contributed by atoms with Crippen LogP contribution in [0.15, 0.2) is 42.5 Å². The third kappa shape index (κ3) is 5.76. The quantitative estimate of drug-likeness (QED) is 0.469. The minimum absolute atomic E-state index is 0.381. The van der Waals surface area contributed by atoms with E-state index in [1.165, 1.54) is 12.7 Å². The largest absolute Gasteiger partial charge is 0.492 e. The summed E-state index contributed by atoms with van der Waals surface area (Å²) in [6, 6.07) is 13.2. The molecule has 132 valence electrons. The third-order valence-electron chi connectivity index (χ3n) is 3.58. The first-order valence-electron chi connectivity index (χ1n) is 7.93. The lowest BCUT2D eigenvalue weighted by Gasteiger charge is -2.14. The molecule has 25 heavy (non-hydrogen) atoms. The van der Waals surface area contributed by atoms with Crippen molar-refractivity contribution in [3.63, 3.8) is 0 Å². The van der Waals surface area contributed by atoms with Crippen molar-refractivity contribution in [3.05, 3.63) is 59.2 Å². The van der Waals surface area contributed by atoms with Crippen LogP contribution in [0.1, 0.15) is 21.5 Å². The number of hydrogen-bond acceptors (Lipinski definition) is 4. The molecule has 2 aromatic carbocycles. The number of methoxy groups -OCH3 is 1. The Morgan fingerprint density at radius 2 is 1.84 bits per heavy atom. The standard InChI is InChI=1S/C19H22N2O3S/c1-13-4-8-16(9-5-13)24-11-10-20-19(25)21-17-12-15(18(22)23-3)7-6-14(17)2/h4-9,12H,10-11H2,1-3H3,(H2,20,21,25). The first-order valence-corrected chi connectivity index (χ1v) is 8.33. The minimum atomic E-state index is -0.381. The predicted octanol–water partition coefficient (Wildman–Crippen LogP) is 3.46. The van der Waals surface area contributed by atoms with Gasteiger partial charge in [-0.2, -0.15) is 0 Å². The molecule has 0 aliphatic carbocycles. The molecular formula is C19H22N2O3S. The molecule has 0 aliphatic heterocycles. The smallest absolute Gasteiger partial charge is 0.337 e. The van der Waals surface area contributed by atoms with Gasteiger partial charge in [0.1, 0.15) is 12.4 Å². The van der Waals surface area contributed by atoms with Gasteiger partial charge in [0.15, 0.2) is 5.11 Å². The number of carbonyl (C=O) groups is 1. The van der Waals surface area contributed by atoms with Crippen molar-refractivity contribution < 1.29 is 14.3 Å². The Kier molecular flexibility index (Phi) is 6.77. The predicted molar refractivity (Wildman–Crippen MR) is 103 cm³/mol. The maximum absolute atomic E-state index is 11.6. The van der Waals surface area contributed by atoms with E-state index >= 15 is 0 Å². The second-order valence-electron chi connectivity index (χ2n) is 5.56. The SMILES string of the molecule is COC(=O)c1ccc(C)c(NC(=S)NCCOc2ccc(C)cc2)c1. The van der Waals surface area contributed by atoms with E-state index in [0.29, 0.717) is 23.8 Å². The van der Waals surface area contributed by atoms with Crippen LogP contribution in [0.4, 0.5) is 5.69 Å². The van der Waals surface area contributed by atoms with Crippen molar-refractivity contribution in [2.24, 2.45) is 0 Å². The van der Waals surface area contributed by atoms with E-state index < -0.39 is 0 Å². The molecule has 0 unspecified atom stereocenters. The maximum atomic E-state index is 11.6. The monoisotopic (exact) mass is 358 g/mol. The van der Waals surface area contributed by atoms with Crippen molar-refractivity contribution in [3.8, 4) is 5.75 Å². The molecule has 0 fully saturated rings. The van der Waals surface area contributed by atoms with Crippen LogP contribution in [0.5, 0.6) is 5.75 Å². The number of carbonyl (C=O) groups excluding carboxylic acids is 1. The summed E-state index contributed by atoms with van der Waals surface area (Å²) in [5, 5.41) is 6.64. The van der Waals surface area contributed by atoms with Gasteiger partial charge in [0, 0.05) is 5.69 Å². The van der Waals surface area contributed by atoms with Crippen LogP contribution in [0.3, 0.4) is 0 Å². The van der Waals surface area contributed by atoms with Gasteiger partial charge in [0.2, 0.25) is 0 Å². The van der Waals surface area contributed by atoms with Crippen LogP contribution in [0, 0.1) is 13.8 Å². The molecule has 5 nitrogen and oxygen atoms in total.